The van der Waals surface area contributed by atoms with E-state index in [1.54, 1.807) is 37.3 Å². The van der Waals surface area contributed by atoms with E-state index in [4.69, 9.17) is 9.47 Å². The van der Waals surface area contributed by atoms with Gasteiger partial charge in [-0.3, -0.25) is 0 Å². The number of rotatable bonds is 3. The van der Waals surface area contributed by atoms with Crippen molar-refractivity contribution in [3.05, 3.63) is 35.9 Å². The average molecular weight is 252 g/mol. The van der Waals surface area contributed by atoms with Crippen LogP contribution in [0.5, 0.6) is 0 Å². The zero-order valence-electron chi connectivity index (χ0n) is 10.0. The molecular weight excluding hydrogens is 236 g/mol. The second-order valence-electron chi connectivity index (χ2n) is 4.33. The zero-order chi connectivity index (χ0) is 13.1. The Morgan fingerprint density at radius 2 is 2.06 bits per heavy atom. The van der Waals surface area contributed by atoms with Crippen LogP contribution in [0.3, 0.4) is 0 Å². The molecule has 0 radical (unpaired) electrons. The van der Waals surface area contributed by atoms with E-state index in [9.17, 15) is 15.0 Å². The first-order valence-electron chi connectivity index (χ1n) is 5.85. The van der Waals surface area contributed by atoms with Crippen LogP contribution in [0.15, 0.2) is 30.3 Å². The van der Waals surface area contributed by atoms with E-state index < -0.39 is 30.6 Å². The van der Waals surface area contributed by atoms with Crippen LogP contribution >= 0.6 is 0 Å². The van der Waals surface area contributed by atoms with Crippen molar-refractivity contribution in [2.75, 3.05) is 0 Å². The molecular formula is C13H16O5. The van der Waals surface area contributed by atoms with Gasteiger partial charge in [0.25, 0.3) is 0 Å². The summed E-state index contributed by atoms with van der Waals surface area (Å²) in [5.41, 5.74) is 0.442. The van der Waals surface area contributed by atoms with E-state index in [0.29, 0.717) is 5.56 Å². The van der Waals surface area contributed by atoms with Crippen molar-refractivity contribution in [3.8, 4) is 0 Å². The van der Waals surface area contributed by atoms with Crippen molar-refractivity contribution in [3.63, 3.8) is 0 Å². The molecule has 98 valence electrons. The fourth-order valence-electron chi connectivity index (χ4n) is 1.97. The lowest BCUT2D eigenvalue weighted by Gasteiger charge is -2.21. The summed E-state index contributed by atoms with van der Waals surface area (Å²) in [6.07, 6.45) is -2.99. The summed E-state index contributed by atoms with van der Waals surface area (Å²) in [6.45, 7) is 1.63. The number of aliphatic hydroxyl groups is 2. The van der Waals surface area contributed by atoms with Crippen LogP contribution in [0, 0.1) is 0 Å². The highest BCUT2D eigenvalue weighted by Gasteiger charge is 2.38. The fraction of sp³-hybridized carbons (Fsp3) is 0.462. The van der Waals surface area contributed by atoms with Crippen LogP contribution in [0.4, 0.5) is 0 Å². The van der Waals surface area contributed by atoms with Crippen molar-refractivity contribution in [1.29, 1.82) is 0 Å². The largest absolute Gasteiger partial charge is 0.456 e. The van der Waals surface area contributed by atoms with Gasteiger partial charge in [0.1, 0.15) is 12.2 Å². The molecule has 1 aromatic rings. The lowest BCUT2D eigenvalue weighted by Crippen LogP contribution is -2.36. The van der Waals surface area contributed by atoms with Crippen molar-refractivity contribution in [2.24, 2.45) is 0 Å². The van der Waals surface area contributed by atoms with Gasteiger partial charge in [-0.1, -0.05) is 18.2 Å². The molecule has 4 atom stereocenters. The SMILES string of the molecule is CC(OC(=O)c1ccccc1)[C@H]1OC(O)C[C@@H]1O. The Hall–Kier alpha value is -1.43. The van der Waals surface area contributed by atoms with Gasteiger partial charge in [0.05, 0.1) is 11.7 Å². The summed E-state index contributed by atoms with van der Waals surface area (Å²) in [5, 5.41) is 18.9. The molecule has 0 amide bonds. The summed E-state index contributed by atoms with van der Waals surface area (Å²) in [6, 6.07) is 8.59. The zero-order valence-corrected chi connectivity index (χ0v) is 10.0. The minimum atomic E-state index is -0.997. The monoisotopic (exact) mass is 252 g/mol. The van der Waals surface area contributed by atoms with Crippen LogP contribution < -0.4 is 0 Å². The summed E-state index contributed by atoms with van der Waals surface area (Å²) in [5.74, 6) is -0.472. The minimum absolute atomic E-state index is 0.137. The highest BCUT2D eigenvalue weighted by atomic mass is 16.6. The van der Waals surface area contributed by atoms with E-state index in [1.165, 1.54) is 0 Å². The second-order valence-corrected chi connectivity index (χ2v) is 4.33. The summed E-state index contributed by atoms with van der Waals surface area (Å²) in [4.78, 5) is 11.8. The van der Waals surface area contributed by atoms with Crippen molar-refractivity contribution < 1.29 is 24.5 Å². The van der Waals surface area contributed by atoms with Gasteiger partial charge in [-0.2, -0.15) is 0 Å². The molecule has 1 saturated heterocycles. The van der Waals surface area contributed by atoms with Crippen LogP contribution in [0.2, 0.25) is 0 Å². The first-order chi connectivity index (χ1) is 8.58. The molecule has 0 aromatic heterocycles. The predicted octanol–water partition coefficient (Wildman–Crippen LogP) is 0.700. The Balaban J connectivity index is 1.95. The average Bonchev–Trinajstić information content (AvgIpc) is 2.69. The van der Waals surface area contributed by atoms with Gasteiger partial charge in [0.2, 0.25) is 0 Å². The van der Waals surface area contributed by atoms with Gasteiger partial charge in [0.15, 0.2) is 6.29 Å². The Kier molecular flexibility index (Phi) is 3.96. The standard InChI is InChI=1S/C13H16O5/c1-8(12-10(14)7-11(15)18-12)17-13(16)9-5-3-2-4-6-9/h2-6,8,10-12,14-15H,7H2,1H3/t8?,10-,11?,12+/m0/s1. The second kappa shape index (κ2) is 5.48. The molecule has 0 bridgehead atoms. The molecule has 2 unspecified atom stereocenters. The molecule has 18 heavy (non-hydrogen) atoms. The van der Waals surface area contributed by atoms with Crippen LogP contribution in [0.1, 0.15) is 23.7 Å². The number of carbonyl (C=O) groups excluding carboxylic acids is 1. The number of benzene rings is 1. The lowest BCUT2D eigenvalue weighted by molar-refractivity contribution is -0.128. The predicted molar refractivity (Wildman–Crippen MR) is 62.8 cm³/mol. The Morgan fingerprint density at radius 1 is 1.39 bits per heavy atom. The topological polar surface area (TPSA) is 76.0 Å². The highest BCUT2D eigenvalue weighted by molar-refractivity contribution is 5.89. The number of hydrogen-bond donors (Lipinski definition) is 2. The van der Waals surface area contributed by atoms with E-state index in [1.807, 2.05) is 0 Å². The number of esters is 1. The van der Waals surface area contributed by atoms with Crippen molar-refractivity contribution in [1.82, 2.24) is 0 Å². The molecule has 2 N–H and O–H groups in total. The molecule has 1 fully saturated rings. The number of aliphatic hydroxyl groups excluding tert-OH is 2. The van der Waals surface area contributed by atoms with E-state index in [2.05, 4.69) is 0 Å². The third-order valence-corrected chi connectivity index (χ3v) is 2.90. The fourth-order valence-corrected chi connectivity index (χ4v) is 1.97. The molecule has 0 spiro atoms. The Labute approximate surface area is 105 Å². The number of hydrogen-bond acceptors (Lipinski definition) is 5. The third-order valence-electron chi connectivity index (χ3n) is 2.90. The van der Waals surface area contributed by atoms with Gasteiger partial charge in [-0.15, -0.1) is 0 Å². The smallest absolute Gasteiger partial charge is 0.338 e. The van der Waals surface area contributed by atoms with Gasteiger partial charge < -0.3 is 19.7 Å². The molecule has 1 aliphatic rings. The molecule has 0 saturated carbocycles. The van der Waals surface area contributed by atoms with Gasteiger partial charge in [-0.05, 0) is 19.1 Å². The van der Waals surface area contributed by atoms with Crippen LogP contribution in [-0.4, -0.2) is 40.8 Å². The first-order valence-corrected chi connectivity index (χ1v) is 5.85. The minimum Gasteiger partial charge on any atom is -0.456 e. The van der Waals surface area contributed by atoms with Crippen molar-refractivity contribution >= 4 is 5.97 Å². The normalized spacial score (nSPS) is 28.9. The summed E-state index contributed by atoms with van der Waals surface area (Å²) < 4.78 is 10.3. The molecule has 5 heteroatoms. The number of ether oxygens (including phenoxy) is 2. The van der Waals surface area contributed by atoms with Gasteiger partial charge >= 0.3 is 5.97 Å². The molecule has 2 rings (SSSR count). The first kappa shape index (κ1) is 13.0. The van der Waals surface area contributed by atoms with Gasteiger partial charge in [-0.25, -0.2) is 4.79 Å². The lowest BCUT2D eigenvalue weighted by atomic mass is 10.1. The summed E-state index contributed by atoms with van der Waals surface area (Å²) >= 11 is 0. The van der Waals surface area contributed by atoms with Gasteiger partial charge in [0, 0.05) is 6.42 Å². The molecule has 0 aliphatic carbocycles. The molecule has 1 aliphatic heterocycles. The quantitative estimate of drug-likeness (QED) is 0.774. The van der Waals surface area contributed by atoms with Crippen LogP contribution in [-0.2, 0) is 9.47 Å². The molecule has 5 nitrogen and oxygen atoms in total. The third kappa shape index (κ3) is 2.87. The van der Waals surface area contributed by atoms with Crippen molar-refractivity contribution in [2.45, 2.75) is 37.9 Å². The highest BCUT2D eigenvalue weighted by Crippen LogP contribution is 2.23. The van der Waals surface area contributed by atoms with E-state index in [0.717, 1.165) is 0 Å². The maximum atomic E-state index is 11.8. The maximum Gasteiger partial charge on any atom is 0.338 e. The van der Waals surface area contributed by atoms with E-state index >= 15 is 0 Å². The summed E-state index contributed by atoms with van der Waals surface area (Å²) in [7, 11) is 0. The number of carbonyl (C=O) groups is 1. The Bertz CT molecular complexity index is 405. The van der Waals surface area contributed by atoms with Crippen LogP contribution in [0.25, 0.3) is 0 Å². The molecule has 1 aromatic carbocycles. The maximum absolute atomic E-state index is 11.8. The Morgan fingerprint density at radius 3 is 2.61 bits per heavy atom. The molecule has 1 heterocycles. The van der Waals surface area contributed by atoms with E-state index in [-0.39, 0.29) is 6.42 Å².